The van der Waals surface area contributed by atoms with E-state index in [4.69, 9.17) is 9.47 Å². The van der Waals surface area contributed by atoms with E-state index in [0.717, 1.165) is 50.5 Å². The van der Waals surface area contributed by atoms with E-state index in [-0.39, 0.29) is 11.9 Å². The molecule has 0 aromatic heterocycles. The van der Waals surface area contributed by atoms with Crippen LogP contribution in [0.15, 0.2) is 42.5 Å². The fourth-order valence-electron chi connectivity index (χ4n) is 3.96. The molecule has 1 aliphatic rings. The highest BCUT2D eigenvalue weighted by atomic mass is 16.5. The standard InChI is InChI=1S/C26H36N2O3/c1-20-7-6-8-23(17-20)24(28-12-15-30-16-13-28)19-27-26(29)9-4-5-14-31-25-18-21(2)10-11-22(25)3/h6-8,10-11,17-18,24H,4-5,9,12-16,19H2,1-3H3,(H,27,29). The number of ether oxygens (including phenoxy) is 2. The smallest absolute Gasteiger partial charge is 0.220 e. The molecule has 1 saturated heterocycles. The summed E-state index contributed by atoms with van der Waals surface area (Å²) in [6.07, 6.45) is 2.22. The summed E-state index contributed by atoms with van der Waals surface area (Å²) >= 11 is 0. The molecule has 5 heteroatoms. The molecule has 5 nitrogen and oxygen atoms in total. The van der Waals surface area contributed by atoms with Gasteiger partial charge in [-0.1, -0.05) is 42.0 Å². The molecule has 1 N–H and O–H groups in total. The van der Waals surface area contributed by atoms with Crippen molar-refractivity contribution in [2.24, 2.45) is 0 Å². The molecular weight excluding hydrogens is 388 g/mol. The summed E-state index contributed by atoms with van der Waals surface area (Å²) in [5, 5.41) is 3.16. The third-order valence-electron chi connectivity index (χ3n) is 5.81. The van der Waals surface area contributed by atoms with Crippen molar-refractivity contribution in [3.05, 3.63) is 64.7 Å². The zero-order valence-corrected chi connectivity index (χ0v) is 19.2. The quantitative estimate of drug-likeness (QED) is 0.576. The Morgan fingerprint density at radius 1 is 1.06 bits per heavy atom. The van der Waals surface area contributed by atoms with Crippen molar-refractivity contribution in [2.75, 3.05) is 39.5 Å². The zero-order chi connectivity index (χ0) is 22.1. The zero-order valence-electron chi connectivity index (χ0n) is 19.2. The van der Waals surface area contributed by atoms with Crippen LogP contribution < -0.4 is 10.1 Å². The van der Waals surface area contributed by atoms with E-state index in [1.165, 1.54) is 16.7 Å². The van der Waals surface area contributed by atoms with E-state index >= 15 is 0 Å². The minimum absolute atomic E-state index is 0.109. The fraction of sp³-hybridized carbons (Fsp3) is 0.500. The van der Waals surface area contributed by atoms with Gasteiger partial charge in [0.2, 0.25) is 5.91 Å². The SMILES string of the molecule is Cc1cccc(C(CNC(=O)CCCCOc2cc(C)ccc2C)N2CCOCC2)c1. The van der Waals surface area contributed by atoms with Gasteiger partial charge in [0.15, 0.2) is 0 Å². The lowest BCUT2D eigenvalue weighted by atomic mass is 10.0. The molecule has 168 valence electrons. The molecule has 0 radical (unpaired) electrons. The Hall–Kier alpha value is -2.37. The van der Waals surface area contributed by atoms with E-state index in [1.807, 2.05) is 0 Å². The van der Waals surface area contributed by atoms with Crippen LogP contribution in [0.2, 0.25) is 0 Å². The minimum Gasteiger partial charge on any atom is -0.493 e. The molecule has 2 aromatic rings. The van der Waals surface area contributed by atoms with Crippen molar-refractivity contribution < 1.29 is 14.3 Å². The molecule has 1 heterocycles. The van der Waals surface area contributed by atoms with Crippen LogP contribution in [0.1, 0.15) is 47.6 Å². The second-order valence-electron chi connectivity index (χ2n) is 8.46. The average Bonchev–Trinajstić information content (AvgIpc) is 2.77. The molecule has 3 rings (SSSR count). The number of morpholine rings is 1. The monoisotopic (exact) mass is 424 g/mol. The first kappa shape index (κ1) is 23.3. The summed E-state index contributed by atoms with van der Waals surface area (Å²) in [4.78, 5) is 14.9. The minimum atomic E-state index is 0.109. The predicted octanol–water partition coefficient (Wildman–Crippen LogP) is 4.35. The normalized spacial score (nSPS) is 15.5. The van der Waals surface area contributed by atoms with E-state index < -0.39 is 0 Å². The van der Waals surface area contributed by atoms with Gasteiger partial charge in [-0.15, -0.1) is 0 Å². The van der Waals surface area contributed by atoms with E-state index in [2.05, 4.69) is 73.5 Å². The number of carbonyl (C=O) groups excluding carboxylic acids is 1. The number of nitrogens with zero attached hydrogens (tertiary/aromatic N) is 1. The number of rotatable bonds is 10. The molecule has 1 atom stereocenters. The van der Waals surface area contributed by atoms with Gasteiger partial charge in [0, 0.05) is 26.1 Å². The van der Waals surface area contributed by atoms with Crippen LogP contribution >= 0.6 is 0 Å². The summed E-state index contributed by atoms with van der Waals surface area (Å²) in [6.45, 7) is 10.8. The summed E-state index contributed by atoms with van der Waals surface area (Å²) in [6, 6.07) is 15.0. The van der Waals surface area contributed by atoms with Crippen molar-refractivity contribution in [2.45, 2.75) is 46.1 Å². The Bertz CT molecular complexity index is 846. The molecule has 0 spiro atoms. The summed E-state index contributed by atoms with van der Waals surface area (Å²) in [5.41, 5.74) is 4.84. The lowest BCUT2D eigenvalue weighted by Gasteiger charge is -2.35. The highest BCUT2D eigenvalue weighted by Gasteiger charge is 2.23. The van der Waals surface area contributed by atoms with Crippen molar-refractivity contribution in [3.63, 3.8) is 0 Å². The maximum atomic E-state index is 12.5. The highest BCUT2D eigenvalue weighted by molar-refractivity contribution is 5.75. The van der Waals surface area contributed by atoms with Crippen molar-refractivity contribution in [1.29, 1.82) is 0 Å². The molecule has 1 aliphatic heterocycles. The van der Waals surface area contributed by atoms with Crippen LogP contribution in [0.4, 0.5) is 0 Å². The first-order valence-corrected chi connectivity index (χ1v) is 11.4. The van der Waals surface area contributed by atoms with Gasteiger partial charge >= 0.3 is 0 Å². The number of aryl methyl sites for hydroxylation is 3. The van der Waals surface area contributed by atoms with Gasteiger partial charge in [-0.3, -0.25) is 9.69 Å². The molecule has 1 fully saturated rings. The van der Waals surface area contributed by atoms with Gasteiger partial charge in [0.25, 0.3) is 0 Å². The van der Waals surface area contributed by atoms with Gasteiger partial charge in [-0.25, -0.2) is 0 Å². The van der Waals surface area contributed by atoms with Crippen molar-refractivity contribution >= 4 is 5.91 Å². The highest BCUT2D eigenvalue weighted by Crippen LogP contribution is 2.22. The van der Waals surface area contributed by atoms with Crippen LogP contribution in [-0.4, -0.2) is 50.3 Å². The summed E-state index contributed by atoms with van der Waals surface area (Å²) < 4.78 is 11.4. The Kier molecular flexibility index (Phi) is 8.92. The van der Waals surface area contributed by atoms with E-state index in [9.17, 15) is 4.79 Å². The van der Waals surface area contributed by atoms with Crippen LogP contribution in [0.25, 0.3) is 0 Å². The first-order valence-electron chi connectivity index (χ1n) is 11.4. The molecule has 31 heavy (non-hydrogen) atoms. The largest absolute Gasteiger partial charge is 0.493 e. The number of hydrogen-bond acceptors (Lipinski definition) is 4. The Morgan fingerprint density at radius 2 is 1.84 bits per heavy atom. The van der Waals surface area contributed by atoms with Gasteiger partial charge in [-0.2, -0.15) is 0 Å². The molecule has 0 saturated carbocycles. The molecular formula is C26H36N2O3. The Morgan fingerprint density at radius 3 is 2.61 bits per heavy atom. The summed E-state index contributed by atoms with van der Waals surface area (Å²) in [5.74, 6) is 1.05. The van der Waals surface area contributed by atoms with Crippen LogP contribution in [0, 0.1) is 20.8 Å². The van der Waals surface area contributed by atoms with Crippen LogP contribution in [0.5, 0.6) is 5.75 Å². The number of nitrogens with one attached hydrogen (secondary N) is 1. The second-order valence-corrected chi connectivity index (χ2v) is 8.46. The predicted molar refractivity (Wildman–Crippen MR) is 125 cm³/mol. The number of carbonyl (C=O) groups is 1. The molecule has 0 bridgehead atoms. The summed E-state index contributed by atoms with van der Waals surface area (Å²) in [7, 11) is 0. The van der Waals surface area contributed by atoms with Gasteiger partial charge < -0.3 is 14.8 Å². The topological polar surface area (TPSA) is 50.8 Å². The molecule has 0 aliphatic carbocycles. The maximum Gasteiger partial charge on any atom is 0.220 e. The fourth-order valence-corrected chi connectivity index (χ4v) is 3.96. The Labute approximate surface area is 186 Å². The van der Waals surface area contributed by atoms with E-state index in [0.29, 0.717) is 19.6 Å². The average molecular weight is 425 g/mol. The number of unbranched alkanes of at least 4 members (excludes halogenated alkanes) is 1. The lowest BCUT2D eigenvalue weighted by molar-refractivity contribution is -0.121. The third kappa shape index (κ3) is 7.37. The third-order valence-corrected chi connectivity index (χ3v) is 5.81. The van der Waals surface area contributed by atoms with Gasteiger partial charge in [0.1, 0.15) is 5.75 Å². The molecule has 1 amide bonds. The number of hydrogen-bond donors (Lipinski definition) is 1. The van der Waals surface area contributed by atoms with Crippen LogP contribution in [0.3, 0.4) is 0 Å². The molecule has 1 unspecified atom stereocenters. The Balaban J connectivity index is 1.43. The van der Waals surface area contributed by atoms with Crippen molar-refractivity contribution in [3.8, 4) is 5.75 Å². The lowest BCUT2D eigenvalue weighted by Crippen LogP contribution is -2.43. The van der Waals surface area contributed by atoms with Gasteiger partial charge in [-0.05, 0) is 56.4 Å². The number of amides is 1. The molecule has 2 aromatic carbocycles. The van der Waals surface area contributed by atoms with E-state index in [1.54, 1.807) is 0 Å². The van der Waals surface area contributed by atoms with Gasteiger partial charge in [0.05, 0.1) is 25.9 Å². The second kappa shape index (κ2) is 11.9. The van der Waals surface area contributed by atoms with Crippen LogP contribution in [-0.2, 0) is 9.53 Å². The first-order chi connectivity index (χ1) is 15.0. The number of benzene rings is 2. The van der Waals surface area contributed by atoms with Crippen molar-refractivity contribution in [1.82, 2.24) is 10.2 Å². The maximum absolute atomic E-state index is 12.5.